The number of piperidine rings is 1. The summed E-state index contributed by atoms with van der Waals surface area (Å²) < 4.78 is 0. The van der Waals surface area contributed by atoms with Gasteiger partial charge in [-0.3, -0.25) is 4.79 Å². The van der Waals surface area contributed by atoms with E-state index in [1.807, 2.05) is 0 Å². The number of rotatable bonds is 3. The fourth-order valence-electron chi connectivity index (χ4n) is 2.81. The predicted molar refractivity (Wildman–Crippen MR) is 65.2 cm³/mol. The fourth-order valence-corrected chi connectivity index (χ4v) is 2.81. The molecule has 0 aromatic rings. The zero-order valence-corrected chi connectivity index (χ0v) is 10.3. The van der Waals surface area contributed by atoms with Crippen molar-refractivity contribution >= 4 is 5.91 Å². The van der Waals surface area contributed by atoms with Gasteiger partial charge in [-0.15, -0.1) is 0 Å². The molecule has 2 rings (SSSR count). The molecule has 3 heteroatoms. The first-order chi connectivity index (χ1) is 7.75. The summed E-state index contributed by atoms with van der Waals surface area (Å²) in [6, 6.07) is 0.0769. The van der Waals surface area contributed by atoms with Crippen LogP contribution in [0.1, 0.15) is 45.4 Å². The number of amides is 1. The Bertz CT molecular complexity index is 234. The lowest BCUT2D eigenvalue weighted by Crippen LogP contribution is -2.49. The van der Waals surface area contributed by atoms with Gasteiger partial charge in [-0.25, -0.2) is 0 Å². The van der Waals surface area contributed by atoms with Gasteiger partial charge in [-0.05, 0) is 44.1 Å². The van der Waals surface area contributed by atoms with Crippen LogP contribution in [0.15, 0.2) is 0 Å². The molecule has 1 aliphatic carbocycles. The Balaban J connectivity index is 1.68. The lowest BCUT2D eigenvalue weighted by atomic mass is 9.83. The summed E-state index contributed by atoms with van der Waals surface area (Å²) in [5.74, 6) is 1.91. The van der Waals surface area contributed by atoms with Gasteiger partial charge in [-0.1, -0.05) is 19.8 Å². The summed E-state index contributed by atoms with van der Waals surface area (Å²) in [6.45, 7) is 4.24. The van der Waals surface area contributed by atoms with E-state index < -0.39 is 0 Å². The minimum absolute atomic E-state index is 0.0769. The van der Waals surface area contributed by atoms with Crippen LogP contribution in [0.3, 0.4) is 0 Å². The van der Waals surface area contributed by atoms with Crippen LogP contribution in [0.25, 0.3) is 0 Å². The van der Waals surface area contributed by atoms with Gasteiger partial charge in [0.05, 0.1) is 6.04 Å². The standard InChI is InChI=1S/C13H24N2O/c1-10-4-6-11(7-5-10)9-15-12-3-2-8-14-13(12)16/h10-12,15H,2-9H2,1H3,(H,14,16). The maximum Gasteiger partial charge on any atom is 0.237 e. The topological polar surface area (TPSA) is 41.1 Å². The summed E-state index contributed by atoms with van der Waals surface area (Å²) in [4.78, 5) is 11.5. The highest BCUT2D eigenvalue weighted by molar-refractivity contribution is 5.82. The Morgan fingerprint density at radius 2 is 2.00 bits per heavy atom. The summed E-state index contributed by atoms with van der Waals surface area (Å²) in [6.07, 6.45) is 7.53. The van der Waals surface area contributed by atoms with Gasteiger partial charge in [0.25, 0.3) is 0 Å². The van der Waals surface area contributed by atoms with E-state index in [4.69, 9.17) is 0 Å². The summed E-state index contributed by atoms with van der Waals surface area (Å²) in [5, 5.41) is 6.37. The van der Waals surface area contributed by atoms with Crippen LogP contribution < -0.4 is 10.6 Å². The monoisotopic (exact) mass is 224 g/mol. The minimum Gasteiger partial charge on any atom is -0.355 e. The molecule has 1 atom stereocenters. The second kappa shape index (κ2) is 5.67. The Morgan fingerprint density at radius 3 is 2.69 bits per heavy atom. The molecule has 0 spiro atoms. The lowest BCUT2D eigenvalue weighted by molar-refractivity contribution is -0.124. The zero-order valence-electron chi connectivity index (χ0n) is 10.3. The number of carbonyl (C=O) groups is 1. The third kappa shape index (κ3) is 3.21. The van der Waals surface area contributed by atoms with Crippen molar-refractivity contribution in [2.75, 3.05) is 13.1 Å². The van der Waals surface area contributed by atoms with Crippen LogP contribution in [-0.4, -0.2) is 25.0 Å². The highest BCUT2D eigenvalue weighted by Gasteiger charge is 2.23. The van der Waals surface area contributed by atoms with Crippen molar-refractivity contribution in [2.45, 2.75) is 51.5 Å². The largest absolute Gasteiger partial charge is 0.355 e. The Morgan fingerprint density at radius 1 is 1.25 bits per heavy atom. The van der Waals surface area contributed by atoms with Crippen LogP contribution in [-0.2, 0) is 4.79 Å². The molecule has 2 N–H and O–H groups in total. The average molecular weight is 224 g/mol. The smallest absolute Gasteiger partial charge is 0.237 e. The van der Waals surface area contributed by atoms with Crippen molar-refractivity contribution in [3.05, 3.63) is 0 Å². The van der Waals surface area contributed by atoms with Gasteiger partial charge >= 0.3 is 0 Å². The van der Waals surface area contributed by atoms with E-state index in [2.05, 4.69) is 17.6 Å². The van der Waals surface area contributed by atoms with Gasteiger partial charge in [0.2, 0.25) is 5.91 Å². The molecule has 0 radical (unpaired) electrons. The van der Waals surface area contributed by atoms with E-state index in [0.29, 0.717) is 0 Å². The van der Waals surface area contributed by atoms with E-state index in [1.165, 1.54) is 25.7 Å². The molecule has 0 aromatic heterocycles. The molecule has 1 amide bonds. The molecule has 1 aliphatic heterocycles. The summed E-state index contributed by atoms with van der Waals surface area (Å²) in [7, 11) is 0. The van der Waals surface area contributed by atoms with Crippen molar-refractivity contribution in [1.82, 2.24) is 10.6 Å². The average Bonchev–Trinajstić information content (AvgIpc) is 2.30. The SMILES string of the molecule is CC1CCC(CNC2CCCNC2=O)CC1. The quantitative estimate of drug-likeness (QED) is 0.766. The van der Waals surface area contributed by atoms with Crippen LogP contribution >= 0.6 is 0 Å². The molecular formula is C13H24N2O. The molecule has 2 aliphatic rings. The Labute approximate surface area is 98.4 Å². The predicted octanol–water partition coefficient (Wildman–Crippen LogP) is 1.68. The Hall–Kier alpha value is -0.570. The van der Waals surface area contributed by atoms with Gasteiger partial charge < -0.3 is 10.6 Å². The van der Waals surface area contributed by atoms with E-state index in [1.54, 1.807) is 0 Å². The van der Waals surface area contributed by atoms with Gasteiger partial charge in [0, 0.05) is 6.54 Å². The second-order valence-electron chi connectivity index (χ2n) is 5.52. The first kappa shape index (κ1) is 11.9. The van der Waals surface area contributed by atoms with Crippen LogP contribution in [0.4, 0.5) is 0 Å². The molecule has 1 unspecified atom stereocenters. The van der Waals surface area contributed by atoms with E-state index in [9.17, 15) is 4.79 Å². The molecule has 1 heterocycles. The highest BCUT2D eigenvalue weighted by Crippen LogP contribution is 2.27. The number of nitrogens with one attached hydrogen (secondary N) is 2. The van der Waals surface area contributed by atoms with Crippen LogP contribution in [0.2, 0.25) is 0 Å². The maximum absolute atomic E-state index is 11.5. The van der Waals surface area contributed by atoms with Crippen molar-refractivity contribution in [2.24, 2.45) is 11.8 Å². The normalized spacial score (nSPS) is 35.8. The number of hydrogen-bond acceptors (Lipinski definition) is 2. The number of carbonyl (C=O) groups excluding carboxylic acids is 1. The lowest BCUT2D eigenvalue weighted by Gasteiger charge is -2.29. The molecule has 92 valence electrons. The van der Waals surface area contributed by atoms with Crippen LogP contribution in [0.5, 0.6) is 0 Å². The Kier molecular flexibility index (Phi) is 4.22. The van der Waals surface area contributed by atoms with E-state index in [0.717, 1.165) is 37.8 Å². The number of hydrogen-bond donors (Lipinski definition) is 2. The first-order valence-corrected chi connectivity index (χ1v) is 6.77. The minimum atomic E-state index is 0.0769. The highest BCUT2D eigenvalue weighted by atomic mass is 16.2. The third-order valence-corrected chi connectivity index (χ3v) is 4.07. The van der Waals surface area contributed by atoms with Crippen molar-refractivity contribution in [3.8, 4) is 0 Å². The van der Waals surface area contributed by atoms with Crippen molar-refractivity contribution in [3.63, 3.8) is 0 Å². The molecule has 1 saturated carbocycles. The van der Waals surface area contributed by atoms with Gasteiger partial charge in [-0.2, -0.15) is 0 Å². The van der Waals surface area contributed by atoms with E-state index in [-0.39, 0.29) is 11.9 Å². The summed E-state index contributed by atoms with van der Waals surface area (Å²) in [5.41, 5.74) is 0. The first-order valence-electron chi connectivity index (χ1n) is 6.77. The molecular weight excluding hydrogens is 200 g/mol. The zero-order chi connectivity index (χ0) is 11.4. The van der Waals surface area contributed by atoms with Gasteiger partial charge in [0.1, 0.15) is 0 Å². The summed E-state index contributed by atoms with van der Waals surface area (Å²) >= 11 is 0. The molecule has 3 nitrogen and oxygen atoms in total. The van der Waals surface area contributed by atoms with Gasteiger partial charge in [0.15, 0.2) is 0 Å². The molecule has 0 aromatic carbocycles. The maximum atomic E-state index is 11.5. The molecule has 2 fully saturated rings. The third-order valence-electron chi connectivity index (χ3n) is 4.07. The fraction of sp³-hybridized carbons (Fsp3) is 0.923. The molecule has 1 saturated heterocycles. The second-order valence-corrected chi connectivity index (χ2v) is 5.52. The van der Waals surface area contributed by atoms with Crippen LogP contribution in [0, 0.1) is 11.8 Å². The van der Waals surface area contributed by atoms with Crippen molar-refractivity contribution in [1.29, 1.82) is 0 Å². The molecule has 16 heavy (non-hydrogen) atoms. The van der Waals surface area contributed by atoms with Crippen molar-refractivity contribution < 1.29 is 4.79 Å². The van der Waals surface area contributed by atoms with E-state index >= 15 is 0 Å². The molecule has 0 bridgehead atoms.